The van der Waals surface area contributed by atoms with Crippen molar-refractivity contribution in [2.45, 2.75) is 54.1 Å². The first-order valence-electron chi connectivity index (χ1n) is 12.6. The smallest absolute Gasteiger partial charge is 0.273 e. The van der Waals surface area contributed by atoms with Gasteiger partial charge in [0.15, 0.2) is 0 Å². The Bertz CT molecular complexity index is 1380. The molecule has 214 valence electrons. The summed E-state index contributed by atoms with van der Waals surface area (Å²) in [5.74, 6) is -0.765. The van der Waals surface area contributed by atoms with E-state index < -0.39 is 41.7 Å². The average molecular weight is 613 g/mol. The molecule has 2 aliphatic rings. The van der Waals surface area contributed by atoms with Gasteiger partial charge < -0.3 is 24.2 Å². The van der Waals surface area contributed by atoms with E-state index in [4.69, 9.17) is 37.4 Å². The molecule has 14 heteroatoms. The molecule has 0 spiro atoms. The standard InChI is InChI=1S/C26H28Cl2FN5O5S/c1-13(35)22-23(37-2)21(34-12-18(31-32-34)14-5-6-16(28)17(29)9-14)24(38-3)26(39-22)40-19-10-15(27)11-30-20(19)25(36)33-7-4-8-33/h5-6,9-13,21-24,26,35H,4,7-8H2,1-3H3/t13?,21?,22?,23-,24?,26-/m1/s1. The van der Waals surface area contributed by atoms with Crippen molar-refractivity contribution in [1.29, 1.82) is 0 Å². The van der Waals surface area contributed by atoms with Crippen LogP contribution in [0.4, 0.5) is 4.39 Å². The first kappa shape index (κ1) is 29.2. The van der Waals surface area contributed by atoms with Crippen LogP contribution in [0.25, 0.3) is 11.3 Å². The summed E-state index contributed by atoms with van der Waals surface area (Å²) >= 11 is 13.3. The van der Waals surface area contributed by atoms with Crippen LogP contribution in [0.15, 0.2) is 41.6 Å². The van der Waals surface area contributed by atoms with Crippen LogP contribution >= 0.6 is 35.0 Å². The molecule has 40 heavy (non-hydrogen) atoms. The van der Waals surface area contributed by atoms with Gasteiger partial charge in [0.25, 0.3) is 5.91 Å². The maximum absolute atomic E-state index is 14.1. The fourth-order valence-electron chi connectivity index (χ4n) is 4.84. The van der Waals surface area contributed by atoms with Crippen molar-refractivity contribution in [3.63, 3.8) is 0 Å². The SMILES string of the molecule is COC1C(n2cc(-c3ccc(Cl)c(F)c3)nn2)[C@@H](OC)C(C(C)O)O[C@@H]1Sc1cc(Cl)cnc1C(=O)N1CCC1. The zero-order chi connectivity index (χ0) is 28.6. The number of benzene rings is 1. The topological polar surface area (TPSA) is 112 Å². The van der Waals surface area contributed by atoms with Crippen LogP contribution in [0.5, 0.6) is 0 Å². The normalized spacial score (nSPS) is 25.5. The van der Waals surface area contributed by atoms with Gasteiger partial charge in [-0.2, -0.15) is 0 Å². The van der Waals surface area contributed by atoms with Gasteiger partial charge in [0.1, 0.15) is 47.0 Å². The molecule has 2 fully saturated rings. The molecule has 2 aliphatic heterocycles. The van der Waals surface area contributed by atoms with Crippen molar-refractivity contribution in [2.24, 2.45) is 0 Å². The highest BCUT2D eigenvalue weighted by atomic mass is 35.5. The Hall–Kier alpha value is -2.32. The molecule has 0 saturated carbocycles. The number of hydrogen-bond donors (Lipinski definition) is 1. The maximum atomic E-state index is 14.1. The number of ether oxygens (including phenoxy) is 3. The quantitative estimate of drug-likeness (QED) is 0.402. The lowest BCUT2D eigenvalue weighted by atomic mass is 9.94. The predicted molar refractivity (Wildman–Crippen MR) is 147 cm³/mol. The van der Waals surface area contributed by atoms with Crippen LogP contribution in [-0.2, 0) is 14.2 Å². The third kappa shape index (κ3) is 5.71. The average Bonchev–Trinajstić information content (AvgIpc) is 3.38. The Balaban J connectivity index is 1.51. The van der Waals surface area contributed by atoms with E-state index in [0.717, 1.165) is 6.42 Å². The lowest BCUT2D eigenvalue weighted by Gasteiger charge is -2.46. The number of methoxy groups -OCH3 is 2. The van der Waals surface area contributed by atoms with E-state index in [0.29, 0.717) is 34.3 Å². The lowest BCUT2D eigenvalue weighted by Crippen LogP contribution is -2.58. The molecule has 4 heterocycles. The number of nitrogens with zero attached hydrogens (tertiary/aromatic N) is 5. The van der Waals surface area contributed by atoms with Crippen molar-refractivity contribution in [3.8, 4) is 11.3 Å². The molecular formula is C26H28Cl2FN5O5S. The van der Waals surface area contributed by atoms with Gasteiger partial charge >= 0.3 is 0 Å². The number of likely N-dealkylation sites (tertiary alicyclic amines) is 1. The number of aliphatic hydroxyl groups excluding tert-OH is 1. The number of hydrogen-bond acceptors (Lipinski definition) is 9. The summed E-state index contributed by atoms with van der Waals surface area (Å²) in [7, 11) is 3.03. The van der Waals surface area contributed by atoms with Gasteiger partial charge in [0, 0.05) is 44.0 Å². The largest absolute Gasteiger partial charge is 0.391 e. The van der Waals surface area contributed by atoms with E-state index in [-0.39, 0.29) is 16.6 Å². The zero-order valence-electron chi connectivity index (χ0n) is 21.9. The second-order valence-corrected chi connectivity index (χ2v) is 11.6. The van der Waals surface area contributed by atoms with Gasteiger partial charge in [-0.1, -0.05) is 46.2 Å². The van der Waals surface area contributed by atoms with Gasteiger partial charge in [0.05, 0.1) is 22.3 Å². The van der Waals surface area contributed by atoms with E-state index in [1.54, 1.807) is 34.8 Å². The van der Waals surface area contributed by atoms with Gasteiger partial charge in [-0.3, -0.25) is 4.79 Å². The number of rotatable bonds is 8. The third-order valence-corrected chi connectivity index (χ3v) is 8.71. The molecule has 10 nitrogen and oxygen atoms in total. The summed E-state index contributed by atoms with van der Waals surface area (Å²) in [5, 5.41) is 19.6. The first-order valence-corrected chi connectivity index (χ1v) is 14.2. The van der Waals surface area contributed by atoms with Crippen LogP contribution < -0.4 is 0 Å². The summed E-state index contributed by atoms with van der Waals surface area (Å²) in [5.41, 5.74) is 0.426. The van der Waals surface area contributed by atoms with Gasteiger partial charge in [0.2, 0.25) is 0 Å². The molecule has 6 atom stereocenters. The highest BCUT2D eigenvalue weighted by Crippen LogP contribution is 2.42. The number of halogens is 3. The van der Waals surface area contributed by atoms with E-state index in [9.17, 15) is 14.3 Å². The minimum Gasteiger partial charge on any atom is -0.391 e. The zero-order valence-corrected chi connectivity index (χ0v) is 24.2. The number of aliphatic hydroxyl groups is 1. The van der Waals surface area contributed by atoms with Gasteiger partial charge in [-0.15, -0.1) is 5.10 Å². The molecular weight excluding hydrogens is 584 g/mol. The van der Waals surface area contributed by atoms with E-state index in [2.05, 4.69) is 15.3 Å². The number of carbonyl (C=O) groups is 1. The van der Waals surface area contributed by atoms with E-state index >= 15 is 0 Å². The molecule has 3 aromatic rings. The van der Waals surface area contributed by atoms with Crippen LogP contribution in [0.2, 0.25) is 10.0 Å². The Kier molecular flexibility index (Phi) is 8.95. The number of pyridine rings is 1. The van der Waals surface area contributed by atoms with Crippen LogP contribution in [0, 0.1) is 5.82 Å². The number of aromatic nitrogens is 4. The number of thioether (sulfide) groups is 1. The maximum Gasteiger partial charge on any atom is 0.273 e. The molecule has 1 amide bonds. The Labute approximate surface area is 244 Å². The number of amides is 1. The molecule has 0 radical (unpaired) electrons. The molecule has 4 unspecified atom stereocenters. The van der Waals surface area contributed by atoms with Crippen LogP contribution in [0.3, 0.4) is 0 Å². The lowest BCUT2D eigenvalue weighted by molar-refractivity contribution is -0.208. The van der Waals surface area contributed by atoms with E-state index in [1.165, 1.54) is 44.3 Å². The second-order valence-electron chi connectivity index (χ2n) is 9.58. The summed E-state index contributed by atoms with van der Waals surface area (Å²) in [6, 6.07) is 5.41. The van der Waals surface area contributed by atoms with Crippen LogP contribution in [-0.4, -0.2) is 93.1 Å². The summed E-state index contributed by atoms with van der Waals surface area (Å²) in [6.45, 7) is 2.94. The van der Waals surface area contributed by atoms with E-state index in [1.807, 2.05) is 0 Å². The third-order valence-electron chi connectivity index (χ3n) is 7.02. The van der Waals surface area contributed by atoms with Crippen molar-refractivity contribution in [1.82, 2.24) is 24.9 Å². The Morgan fingerprint density at radius 2 is 1.98 bits per heavy atom. The summed E-state index contributed by atoms with van der Waals surface area (Å²) in [6.07, 6.45) is 0.926. The van der Waals surface area contributed by atoms with Crippen molar-refractivity contribution >= 4 is 40.9 Å². The molecule has 1 aromatic carbocycles. The molecule has 2 saturated heterocycles. The Morgan fingerprint density at radius 3 is 2.60 bits per heavy atom. The van der Waals surface area contributed by atoms with Gasteiger partial charge in [-0.25, -0.2) is 14.1 Å². The van der Waals surface area contributed by atoms with Crippen molar-refractivity contribution in [3.05, 3.63) is 58.2 Å². The second kappa shape index (κ2) is 12.3. The minimum atomic E-state index is -0.929. The number of carbonyl (C=O) groups excluding carboxylic acids is 1. The Morgan fingerprint density at radius 1 is 1.23 bits per heavy atom. The first-order chi connectivity index (χ1) is 19.2. The summed E-state index contributed by atoms with van der Waals surface area (Å²) < 4.78 is 33.8. The fourth-order valence-corrected chi connectivity index (χ4v) is 6.46. The highest BCUT2D eigenvalue weighted by Gasteiger charge is 2.50. The van der Waals surface area contributed by atoms with Crippen molar-refractivity contribution in [2.75, 3.05) is 27.3 Å². The van der Waals surface area contributed by atoms with Crippen molar-refractivity contribution < 1.29 is 28.5 Å². The predicted octanol–water partition coefficient (Wildman–Crippen LogP) is 4.10. The highest BCUT2D eigenvalue weighted by molar-refractivity contribution is 8.00. The monoisotopic (exact) mass is 611 g/mol. The molecule has 5 rings (SSSR count). The summed E-state index contributed by atoms with van der Waals surface area (Å²) in [4.78, 5) is 19.7. The van der Waals surface area contributed by atoms with Crippen LogP contribution in [0.1, 0.15) is 29.9 Å². The minimum absolute atomic E-state index is 0.00145. The molecule has 0 aliphatic carbocycles. The molecule has 0 bridgehead atoms. The molecule has 2 aromatic heterocycles. The fraction of sp³-hybridized carbons (Fsp3) is 0.462. The molecule has 1 N–H and O–H groups in total. The van der Waals surface area contributed by atoms with Gasteiger partial charge in [-0.05, 0) is 31.5 Å².